The number of carbonyl (C=O) groups is 2. The Morgan fingerprint density at radius 2 is 1.51 bits per heavy atom. The highest BCUT2D eigenvalue weighted by molar-refractivity contribution is 5.96. The van der Waals surface area contributed by atoms with E-state index >= 15 is 0 Å². The average molecular weight is 503 g/mol. The number of hydrogen-bond acceptors (Lipinski definition) is 3. The molecule has 0 unspecified atom stereocenters. The number of carboxylic acid groups (broad SMARTS) is 1. The summed E-state index contributed by atoms with van der Waals surface area (Å²) in [6.45, 7) is 6.19. The quantitative estimate of drug-likeness (QED) is 0.241. The van der Waals surface area contributed by atoms with Crippen LogP contribution in [0.5, 0.6) is 5.75 Å². The fraction of sp³-hybridized carbons (Fsp3) is 0.355. The van der Waals surface area contributed by atoms with Gasteiger partial charge in [0.1, 0.15) is 5.75 Å². The Balaban J connectivity index is 1.73. The molecule has 3 aromatic carbocycles. The summed E-state index contributed by atoms with van der Waals surface area (Å²) in [4.78, 5) is 26.6. The number of aliphatic carboxylic acids is 1. The molecule has 196 valence electrons. The Kier molecular flexibility index (Phi) is 10.1. The molecule has 0 radical (unpaired) electrons. The summed E-state index contributed by atoms with van der Waals surface area (Å²) in [5.74, 6) is -0.567. The number of carbonyl (C=O) groups excluding carboxylic acids is 1. The van der Waals surface area contributed by atoms with Gasteiger partial charge in [-0.3, -0.25) is 4.90 Å². The lowest BCUT2D eigenvalue weighted by molar-refractivity contribution is -0.152. The van der Waals surface area contributed by atoms with Crippen molar-refractivity contribution >= 4 is 17.7 Å². The number of anilines is 1. The van der Waals surface area contributed by atoms with Crippen LogP contribution in [0.25, 0.3) is 11.1 Å². The molecule has 3 aromatic rings. The molecule has 0 aliphatic carbocycles. The lowest BCUT2D eigenvalue weighted by Gasteiger charge is -2.26. The van der Waals surface area contributed by atoms with Crippen LogP contribution in [-0.4, -0.2) is 29.3 Å². The number of unbranched alkanes of at least 4 members (excludes halogenated alkanes) is 4. The number of nitrogens with zero attached hydrogens (tertiary/aromatic N) is 1. The van der Waals surface area contributed by atoms with Crippen LogP contribution < -0.4 is 15.0 Å². The minimum Gasteiger partial charge on any atom is -0.478 e. The van der Waals surface area contributed by atoms with Gasteiger partial charge in [0.2, 0.25) is 0 Å². The third-order valence-corrected chi connectivity index (χ3v) is 6.27. The fourth-order valence-electron chi connectivity index (χ4n) is 4.06. The highest BCUT2D eigenvalue weighted by Gasteiger charge is 2.29. The Labute approximate surface area is 220 Å². The Hall–Kier alpha value is -3.80. The third-order valence-electron chi connectivity index (χ3n) is 6.27. The van der Waals surface area contributed by atoms with Crippen molar-refractivity contribution in [3.05, 3.63) is 84.4 Å². The van der Waals surface area contributed by atoms with Crippen molar-refractivity contribution in [2.75, 3.05) is 11.4 Å². The number of amides is 2. The van der Waals surface area contributed by atoms with E-state index in [1.54, 1.807) is 12.1 Å². The third kappa shape index (κ3) is 8.10. The monoisotopic (exact) mass is 502 g/mol. The molecule has 0 bridgehead atoms. The fourth-order valence-corrected chi connectivity index (χ4v) is 4.06. The van der Waals surface area contributed by atoms with Gasteiger partial charge in [-0.15, -0.1) is 0 Å². The van der Waals surface area contributed by atoms with E-state index in [1.165, 1.54) is 33.1 Å². The largest absolute Gasteiger partial charge is 0.478 e. The predicted molar refractivity (Wildman–Crippen MR) is 149 cm³/mol. The maximum Gasteiger partial charge on any atom is 0.347 e. The maximum absolute atomic E-state index is 13.5. The van der Waals surface area contributed by atoms with Gasteiger partial charge >= 0.3 is 12.0 Å². The van der Waals surface area contributed by atoms with Gasteiger partial charge in [0.05, 0.1) is 5.69 Å². The zero-order valence-corrected chi connectivity index (χ0v) is 22.1. The second-order valence-corrected chi connectivity index (χ2v) is 9.67. The van der Waals surface area contributed by atoms with E-state index in [0.29, 0.717) is 18.8 Å². The molecule has 6 nitrogen and oxygen atoms in total. The van der Waals surface area contributed by atoms with E-state index in [-0.39, 0.29) is 6.03 Å². The van der Waals surface area contributed by atoms with Crippen LogP contribution in [0.3, 0.4) is 0 Å². The van der Waals surface area contributed by atoms with E-state index in [0.717, 1.165) is 35.2 Å². The van der Waals surface area contributed by atoms with Crippen molar-refractivity contribution in [1.29, 1.82) is 0 Å². The van der Waals surface area contributed by atoms with Crippen molar-refractivity contribution in [3.8, 4) is 16.9 Å². The van der Waals surface area contributed by atoms with E-state index in [4.69, 9.17) is 4.74 Å². The number of ether oxygens (including phenoxy) is 1. The van der Waals surface area contributed by atoms with E-state index in [9.17, 15) is 14.7 Å². The summed E-state index contributed by atoms with van der Waals surface area (Å²) in [5, 5.41) is 12.3. The van der Waals surface area contributed by atoms with Gasteiger partial charge in [0.15, 0.2) is 5.60 Å². The summed E-state index contributed by atoms with van der Waals surface area (Å²) in [7, 11) is 0. The second-order valence-electron chi connectivity index (χ2n) is 9.67. The summed E-state index contributed by atoms with van der Waals surface area (Å²) in [6.07, 6.45) is 5.56. The molecule has 0 aliphatic heterocycles. The molecule has 3 rings (SSSR count). The number of carboxylic acids is 1. The number of para-hydroxylation sites is 1. The van der Waals surface area contributed by atoms with Gasteiger partial charge in [0, 0.05) is 18.7 Å². The van der Waals surface area contributed by atoms with Crippen molar-refractivity contribution in [1.82, 2.24) is 5.32 Å². The topological polar surface area (TPSA) is 78.9 Å². The Bertz CT molecular complexity index is 1140. The zero-order chi connectivity index (χ0) is 26.7. The normalized spacial score (nSPS) is 11.1. The molecule has 0 spiro atoms. The summed E-state index contributed by atoms with van der Waals surface area (Å²) in [5.41, 5.74) is 2.56. The second kappa shape index (κ2) is 13.5. The van der Waals surface area contributed by atoms with Crippen molar-refractivity contribution in [2.24, 2.45) is 0 Å². The maximum atomic E-state index is 13.5. The van der Waals surface area contributed by atoms with Crippen LogP contribution >= 0.6 is 0 Å². The standard InChI is InChI=1S/C31H38N2O4/c1-4-5-6-7-13-22-33(28-17-12-11-16-27(28)25-14-9-8-10-15-25)30(36)32-23-24-18-20-26(21-19-24)37-31(2,3)29(34)35/h8-12,14-21H,4-7,13,22-23H2,1-3H3,(H,32,36)(H,34,35). The number of rotatable bonds is 13. The van der Waals surface area contributed by atoms with Crippen LogP contribution in [0.2, 0.25) is 0 Å². The zero-order valence-electron chi connectivity index (χ0n) is 22.1. The average Bonchev–Trinajstić information content (AvgIpc) is 2.90. The molecular formula is C31H38N2O4. The Morgan fingerprint density at radius 3 is 2.19 bits per heavy atom. The van der Waals surface area contributed by atoms with Gasteiger partial charge in [-0.25, -0.2) is 9.59 Å². The lowest BCUT2D eigenvalue weighted by atomic mass is 10.0. The first-order valence-corrected chi connectivity index (χ1v) is 13.0. The van der Waals surface area contributed by atoms with Crippen molar-refractivity contribution in [3.63, 3.8) is 0 Å². The minimum atomic E-state index is -1.32. The van der Waals surface area contributed by atoms with Gasteiger partial charge in [-0.2, -0.15) is 0 Å². The molecule has 2 N–H and O–H groups in total. The number of nitrogens with one attached hydrogen (secondary N) is 1. The lowest BCUT2D eigenvalue weighted by Crippen LogP contribution is -2.40. The van der Waals surface area contributed by atoms with E-state index in [2.05, 4.69) is 30.4 Å². The molecule has 0 aromatic heterocycles. The molecule has 0 saturated carbocycles. The van der Waals surface area contributed by atoms with Crippen LogP contribution in [0.15, 0.2) is 78.9 Å². The highest BCUT2D eigenvalue weighted by Crippen LogP contribution is 2.31. The smallest absolute Gasteiger partial charge is 0.347 e. The molecule has 6 heteroatoms. The molecule has 0 saturated heterocycles. The van der Waals surface area contributed by atoms with E-state index < -0.39 is 11.6 Å². The summed E-state index contributed by atoms with van der Waals surface area (Å²) in [6, 6.07) is 25.1. The van der Waals surface area contributed by atoms with Crippen LogP contribution in [0.4, 0.5) is 10.5 Å². The highest BCUT2D eigenvalue weighted by atomic mass is 16.5. The van der Waals surface area contributed by atoms with Crippen molar-refractivity contribution in [2.45, 2.75) is 65.0 Å². The van der Waals surface area contributed by atoms with Crippen molar-refractivity contribution < 1.29 is 19.4 Å². The van der Waals surface area contributed by atoms with Gasteiger partial charge in [0.25, 0.3) is 0 Å². The SMILES string of the molecule is CCCCCCCN(C(=O)NCc1ccc(OC(C)(C)C(=O)O)cc1)c1ccccc1-c1ccccc1. The minimum absolute atomic E-state index is 0.147. The molecule has 0 atom stereocenters. The molecule has 0 fully saturated rings. The number of hydrogen-bond donors (Lipinski definition) is 2. The molecule has 37 heavy (non-hydrogen) atoms. The molecule has 0 aliphatic rings. The number of benzene rings is 3. The Morgan fingerprint density at radius 1 is 0.865 bits per heavy atom. The first-order chi connectivity index (χ1) is 17.8. The molecule has 2 amide bonds. The molecule has 0 heterocycles. The summed E-state index contributed by atoms with van der Waals surface area (Å²) < 4.78 is 5.57. The van der Waals surface area contributed by atoms with E-state index in [1.807, 2.05) is 53.4 Å². The number of urea groups is 1. The van der Waals surface area contributed by atoms with Gasteiger partial charge < -0.3 is 15.2 Å². The van der Waals surface area contributed by atoms with Crippen LogP contribution in [-0.2, 0) is 11.3 Å². The van der Waals surface area contributed by atoms with Crippen LogP contribution in [0, 0.1) is 0 Å². The predicted octanol–water partition coefficient (Wildman–Crippen LogP) is 7.28. The van der Waals surface area contributed by atoms with Gasteiger partial charge in [-0.05, 0) is 49.6 Å². The first kappa shape index (κ1) is 27.8. The summed E-state index contributed by atoms with van der Waals surface area (Å²) >= 11 is 0. The molecular weight excluding hydrogens is 464 g/mol. The van der Waals surface area contributed by atoms with Crippen LogP contribution in [0.1, 0.15) is 58.4 Å². The first-order valence-electron chi connectivity index (χ1n) is 13.0. The van der Waals surface area contributed by atoms with Gasteiger partial charge in [-0.1, -0.05) is 93.3 Å².